The molecule has 190 valence electrons. The number of hydrogen-bond acceptors (Lipinski definition) is 6. The third-order valence-corrected chi connectivity index (χ3v) is 5.55. The van der Waals surface area contributed by atoms with Gasteiger partial charge in [-0.2, -0.15) is 22.3 Å². The molecule has 1 saturated heterocycles. The molecule has 3 rings (SSSR count). The maximum atomic E-state index is 14.5. The Kier molecular flexibility index (Phi) is 7.06. The van der Waals surface area contributed by atoms with E-state index in [2.05, 4.69) is 4.99 Å². The van der Waals surface area contributed by atoms with Crippen LogP contribution in [0.25, 0.3) is 0 Å². The van der Waals surface area contributed by atoms with E-state index in [0.29, 0.717) is 10.8 Å². The number of hydrogen-bond donors (Lipinski definition) is 2. The smallest absolute Gasteiger partial charge is 0.419 e. The van der Waals surface area contributed by atoms with Gasteiger partial charge in [-0.25, -0.2) is 9.38 Å². The van der Waals surface area contributed by atoms with Crippen molar-refractivity contribution in [3.05, 3.63) is 53.1 Å². The first kappa shape index (κ1) is 25.9. The highest BCUT2D eigenvalue weighted by Crippen LogP contribution is 2.47. The van der Waals surface area contributed by atoms with Gasteiger partial charge in [0, 0.05) is 19.7 Å². The lowest BCUT2D eigenvalue weighted by Gasteiger charge is -2.31. The van der Waals surface area contributed by atoms with E-state index >= 15 is 0 Å². The molecule has 9 nitrogen and oxygen atoms in total. The van der Waals surface area contributed by atoms with Gasteiger partial charge in [-0.3, -0.25) is 9.59 Å². The predicted molar refractivity (Wildman–Crippen MR) is 110 cm³/mol. The van der Waals surface area contributed by atoms with Crippen molar-refractivity contribution in [2.75, 3.05) is 25.2 Å². The lowest BCUT2D eigenvalue weighted by atomic mass is 9.99. The number of rotatable bonds is 6. The molecule has 2 aromatic rings. The van der Waals surface area contributed by atoms with E-state index in [4.69, 9.17) is 15.2 Å². The molecule has 1 aliphatic heterocycles. The summed E-state index contributed by atoms with van der Waals surface area (Å²) >= 11 is 0. The van der Waals surface area contributed by atoms with Crippen LogP contribution in [0.2, 0.25) is 0 Å². The number of pyridine rings is 1. The second-order valence-corrected chi connectivity index (χ2v) is 7.62. The Labute approximate surface area is 195 Å². The number of carbonyl (C=O) groups excluding carboxylic acids is 2. The van der Waals surface area contributed by atoms with Gasteiger partial charge >= 0.3 is 6.18 Å². The molecule has 35 heavy (non-hydrogen) atoms. The predicted octanol–water partition coefficient (Wildman–Crippen LogP) is 2.15. The number of anilines is 1. The van der Waals surface area contributed by atoms with Gasteiger partial charge in [0.2, 0.25) is 5.82 Å². The first-order valence-electron chi connectivity index (χ1n) is 10.1. The standard InChI is InChI=1S/C21H21F5N4O5/c1-3-35-17-13(5-4-12(22)16(17)23)29-10-20(34-2,21(24,25)26)9-15(29)19(32)28-11-6-7-30(33)14(8-11)18(27)31/h4-8,15,33H,3,9-10H2,1-2H3,(H2,27,31)/t15-,20+/m1/s1. The van der Waals surface area contributed by atoms with Crippen molar-refractivity contribution >= 4 is 17.5 Å². The maximum Gasteiger partial charge on any atom is 0.419 e. The van der Waals surface area contributed by atoms with Crippen LogP contribution in [0.3, 0.4) is 0 Å². The number of amides is 2. The van der Waals surface area contributed by atoms with Crippen LogP contribution < -0.4 is 20.7 Å². The number of carbonyl (C=O) groups is 2. The van der Waals surface area contributed by atoms with Crippen molar-refractivity contribution in [3.63, 3.8) is 0 Å². The average Bonchev–Trinajstić information content (AvgIpc) is 3.20. The molecule has 1 fully saturated rings. The first-order chi connectivity index (χ1) is 16.3. The Bertz CT molecular complexity index is 1220. The average molecular weight is 504 g/mol. The van der Waals surface area contributed by atoms with Gasteiger partial charge in [0.25, 0.3) is 11.8 Å². The number of methoxy groups -OCH3 is 1. The lowest BCUT2D eigenvalue weighted by molar-refractivity contribution is -0.261. The van der Waals surface area contributed by atoms with E-state index in [0.717, 1.165) is 36.4 Å². The zero-order valence-electron chi connectivity index (χ0n) is 18.5. The van der Waals surface area contributed by atoms with Crippen LogP contribution in [0.5, 0.6) is 5.75 Å². The van der Waals surface area contributed by atoms with Gasteiger partial charge in [0.15, 0.2) is 17.2 Å². The minimum atomic E-state index is -4.94. The normalized spacial score (nSPS) is 20.8. The molecule has 1 aromatic heterocycles. The molecule has 0 unspecified atom stereocenters. The van der Waals surface area contributed by atoms with Gasteiger partial charge in [-0.05, 0) is 31.2 Å². The molecule has 1 aliphatic rings. The van der Waals surface area contributed by atoms with Crippen LogP contribution in [0.4, 0.5) is 27.6 Å². The van der Waals surface area contributed by atoms with E-state index in [-0.39, 0.29) is 17.7 Å². The molecule has 1 aromatic carbocycles. The first-order valence-corrected chi connectivity index (χ1v) is 10.1. The fourth-order valence-electron chi connectivity index (χ4n) is 3.78. The van der Waals surface area contributed by atoms with E-state index in [1.165, 1.54) is 6.92 Å². The van der Waals surface area contributed by atoms with Crippen LogP contribution in [0.1, 0.15) is 23.8 Å². The van der Waals surface area contributed by atoms with E-state index in [9.17, 15) is 36.7 Å². The topological polar surface area (TPSA) is 119 Å². The third-order valence-electron chi connectivity index (χ3n) is 5.55. The Morgan fingerprint density at radius 1 is 1.29 bits per heavy atom. The molecule has 2 heterocycles. The van der Waals surface area contributed by atoms with Crippen molar-refractivity contribution in [2.24, 2.45) is 10.7 Å². The Morgan fingerprint density at radius 3 is 2.54 bits per heavy atom. The molecule has 14 heteroatoms. The molecule has 0 spiro atoms. The highest BCUT2D eigenvalue weighted by Gasteiger charge is 2.63. The van der Waals surface area contributed by atoms with E-state index < -0.39 is 65.7 Å². The van der Waals surface area contributed by atoms with Crippen LogP contribution in [0.15, 0.2) is 35.5 Å². The summed E-state index contributed by atoms with van der Waals surface area (Å²) in [6.07, 6.45) is -4.90. The number of nitrogens with zero attached hydrogens (tertiary/aromatic N) is 3. The summed E-state index contributed by atoms with van der Waals surface area (Å²) in [6.45, 7) is 0.381. The fourth-order valence-corrected chi connectivity index (χ4v) is 3.78. The second-order valence-electron chi connectivity index (χ2n) is 7.62. The molecule has 0 saturated carbocycles. The minimum Gasteiger partial charge on any atom is -0.489 e. The number of alkyl halides is 3. The van der Waals surface area contributed by atoms with Gasteiger partial charge in [0.05, 0.1) is 24.2 Å². The fraction of sp³-hybridized carbons (Fsp3) is 0.381. The Hall–Kier alpha value is -3.68. The Balaban J connectivity index is 2.16. The summed E-state index contributed by atoms with van der Waals surface area (Å²) in [5.74, 6) is -5.56. The number of primary amides is 1. The molecule has 0 aliphatic carbocycles. The molecule has 3 N–H and O–H groups in total. The number of nitrogens with two attached hydrogens (primary N) is 1. The maximum absolute atomic E-state index is 14.5. The lowest BCUT2D eigenvalue weighted by Crippen LogP contribution is -2.49. The summed E-state index contributed by atoms with van der Waals surface area (Å²) in [5.41, 5.74) is 1.55. The monoisotopic (exact) mass is 504 g/mol. The summed E-state index contributed by atoms with van der Waals surface area (Å²) in [7, 11) is 0.820. The summed E-state index contributed by atoms with van der Waals surface area (Å²) in [6, 6.07) is 2.12. The third kappa shape index (κ3) is 4.78. The van der Waals surface area contributed by atoms with Gasteiger partial charge in [-0.15, -0.1) is 0 Å². The molecular weight excluding hydrogens is 483 g/mol. The largest absolute Gasteiger partial charge is 0.489 e. The molecular formula is C21H21F5N4O5. The molecule has 2 atom stereocenters. The number of aromatic nitrogens is 1. The summed E-state index contributed by atoms with van der Waals surface area (Å²) < 4.78 is 80.7. The molecule has 0 bridgehead atoms. The zero-order chi connectivity index (χ0) is 26.1. The number of benzene rings is 1. The Morgan fingerprint density at radius 2 is 1.97 bits per heavy atom. The quantitative estimate of drug-likeness (QED) is 0.460. The molecule has 0 radical (unpaired) electrons. The number of halogens is 5. The van der Waals surface area contributed by atoms with E-state index in [1.54, 1.807) is 0 Å². The van der Waals surface area contributed by atoms with Crippen LogP contribution >= 0.6 is 0 Å². The van der Waals surface area contributed by atoms with Gasteiger partial charge in [-0.1, -0.05) is 0 Å². The minimum absolute atomic E-state index is 0.139. The van der Waals surface area contributed by atoms with Crippen LogP contribution in [-0.2, 0) is 9.53 Å². The van der Waals surface area contributed by atoms with Crippen molar-refractivity contribution in [1.82, 2.24) is 4.73 Å². The molecule has 2 amide bonds. The highest BCUT2D eigenvalue weighted by molar-refractivity contribution is 5.91. The summed E-state index contributed by atoms with van der Waals surface area (Å²) in [5, 5.41) is 9.43. The van der Waals surface area contributed by atoms with Gasteiger partial charge < -0.3 is 25.3 Å². The highest BCUT2D eigenvalue weighted by atomic mass is 19.4. The summed E-state index contributed by atoms with van der Waals surface area (Å²) in [4.78, 5) is 29.2. The van der Waals surface area contributed by atoms with Crippen molar-refractivity contribution in [2.45, 2.75) is 31.2 Å². The van der Waals surface area contributed by atoms with Crippen molar-refractivity contribution in [3.8, 4) is 5.75 Å². The van der Waals surface area contributed by atoms with Crippen molar-refractivity contribution in [1.29, 1.82) is 0 Å². The zero-order valence-corrected chi connectivity index (χ0v) is 18.5. The van der Waals surface area contributed by atoms with Crippen LogP contribution in [-0.4, -0.2) is 59.8 Å². The van der Waals surface area contributed by atoms with Crippen molar-refractivity contribution < 1.29 is 46.2 Å². The van der Waals surface area contributed by atoms with Gasteiger partial charge in [0.1, 0.15) is 11.7 Å². The van der Waals surface area contributed by atoms with Crippen LogP contribution in [0, 0.1) is 11.6 Å². The SMILES string of the molecule is CCOc1c(N2C[C@](OC)(C(F)(F)F)C[C@@H]2C(=O)N=c2ccn(O)c(C(N)=O)c2)ccc(F)c1F. The number of ether oxygens (including phenoxy) is 2. The van der Waals surface area contributed by atoms with E-state index in [1.807, 2.05) is 0 Å². The second kappa shape index (κ2) is 9.52.